The molecule has 128 valence electrons. The number of amides is 1. The first-order chi connectivity index (χ1) is 11.2. The number of nitrogens with one attached hydrogen (secondary N) is 1. The Labute approximate surface area is 134 Å². The third-order valence-corrected chi connectivity index (χ3v) is 3.18. The van der Waals surface area contributed by atoms with Gasteiger partial charge in [-0.25, -0.2) is 18.0 Å². The molecule has 1 aromatic carbocycles. The SMILES string of the molecule is Cc1noc(C)c1C(=O)O[C@H](C)C(=O)Nc1ccc(F)c(F)c1F. The van der Waals surface area contributed by atoms with E-state index in [-0.39, 0.29) is 17.0 Å². The molecule has 0 aliphatic heterocycles. The van der Waals surface area contributed by atoms with E-state index in [0.29, 0.717) is 6.07 Å². The topological polar surface area (TPSA) is 81.4 Å². The number of ether oxygens (including phenoxy) is 1. The van der Waals surface area contributed by atoms with Crippen LogP contribution in [-0.2, 0) is 9.53 Å². The van der Waals surface area contributed by atoms with Crippen LogP contribution in [0.4, 0.5) is 18.9 Å². The van der Waals surface area contributed by atoms with Crippen LogP contribution in [0.15, 0.2) is 16.7 Å². The molecule has 0 saturated carbocycles. The molecule has 0 aliphatic rings. The average molecular weight is 342 g/mol. The van der Waals surface area contributed by atoms with Gasteiger partial charge >= 0.3 is 5.97 Å². The van der Waals surface area contributed by atoms with Crippen molar-refractivity contribution in [2.75, 3.05) is 5.32 Å². The molecule has 6 nitrogen and oxygen atoms in total. The van der Waals surface area contributed by atoms with Crippen molar-refractivity contribution < 1.29 is 32.0 Å². The lowest BCUT2D eigenvalue weighted by Crippen LogP contribution is -2.30. The smallest absolute Gasteiger partial charge is 0.344 e. The van der Waals surface area contributed by atoms with Crippen LogP contribution in [0.2, 0.25) is 0 Å². The van der Waals surface area contributed by atoms with Crippen molar-refractivity contribution in [2.45, 2.75) is 26.9 Å². The van der Waals surface area contributed by atoms with E-state index in [2.05, 4.69) is 5.16 Å². The summed E-state index contributed by atoms with van der Waals surface area (Å²) in [7, 11) is 0. The number of aryl methyl sites for hydroxylation is 2. The normalized spacial score (nSPS) is 11.9. The van der Waals surface area contributed by atoms with Gasteiger partial charge in [0.1, 0.15) is 11.3 Å². The van der Waals surface area contributed by atoms with Gasteiger partial charge in [0, 0.05) is 0 Å². The first-order valence-corrected chi connectivity index (χ1v) is 6.80. The van der Waals surface area contributed by atoms with Gasteiger partial charge in [0.15, 0.2) is 23.6 Å². The van der Waals surface area contributed by atoms with E-state index in [9.17, 15) is 22.8 Å². The summed E-state index contributed by atoms with van der Waals surface area (Å²) in [5, 5.41) is 5.60. The molecule has 2 rings (SSSR count). The van der Waals surface area contributed by atoms with Crippen LogP contribution in [0.5, 0.6) is 0 Å². The minimum atomic E-state index is -1.71. The molecule has 1 N–H and O–H groups in total. The van der Waals surface area contributed by atoms with E-state index in [0.717, 1.165) is 6.07 Å². The molecule has 2 aromatic rings. The molecule has 1 atom stereocenters. The van der Waals surface area contributed by atoms with Crippen molar-refractivity contribution in [3.8, 4) is 0 Å². The molecule has 0 spiro atoms. The zero-order valence-electron chi connectivity index (χ0n) is 12.9. The first-order valence-electron chi connectivity index (χ1n) is 6.80. The van der Waals surface area contributed by atoms with Gasteiger partial charge in [-0.15, -0.1) is 0 Å². The fourth-order valence-corrected chi connectivity index (χ4v) is 1.90. The van der Waals surface area contributed by atoms with E-state index < -0.39 is 41.1 Å². The van der Waals surface area contributed by atoms with Crippen LogP contribution in [0, 0.1) is 31.3 Å². The van der Waals surface area contributed by atoms with Gasteiger partial charge in [0.2, 0.25) is 0 Å². The molecular formula is C15H13F3N2O4. The highest BCUT2D eigenvalue weighted by Crippen LogP contribution is 2.20. The summed E-state index contributed by atoms with van der Waals surface area (Å²) in [6.45, 7) is 4.26. The highest BCUT2D eigenvalue weighted by atomic mass is 19.2. The molecule has 24 heavy (non-hydrogen) atoms. The quantitative estimate of drug-likeness (QED) is 0.682. The molecule has 0 fully saturated rings. The van der Waals surface area contributed by atoms with Gasteiger partial charge in [-0.1, -0.05) is 5.16 Å². The highest BCUT2D eigenvalue weighted by Gasteiger charge is 2.25. The number of nitrogens with zero attached hydrogens (tertiary/aromatic N) is 1. The number of esters is 1. The zero-order chi connectivity index (χ0) is 18.0. The minimum Gasteiger partial charge on any atom is -0.449 e. The summed E-state index contributed by atoms with van der Waals surface area (Å²) in [6.07, 6.45) is -1.32. The maximum atomic E-state index is 13.5. The molecule has 9 heteroatoms. The third-order valence-electron chi connectivity index (χ3n) is 3.18. The lowest BCUT2D eigenvalue weighted by Gasteiger charge is -2.14. The second kappa shape index (κ2) is 6.73. The Hall–Kier alpha value is -2.84. The summed E-state index contributed by atoms with van der Waals surface area (Å²) in [5.41, 5.74) is -0.204. The van der Waals surface area contributed by atoms with Gasteiger partial charge in [-0.05, 0) is 32.9 Å². The Morgan fingerprint density at radius 1 is 1.21 bits per heavy atom. The predicted octanol–water partition coefficient (Wildman–Crippen LogP) is 2.89. The number of hydrogen-bond acceptors (Lipinski definition) is 5. The van der Waals surface area contributed by atoms with Gasteiger partial charge in [-0.3, -0.25) is 4.79 Å². The Morgan fingerprint density at radius 2 is 1.88 bits per heavy atom. The Balaban J connectivity index is 2.08. The molecule has 1 aromatic heterocycles. The first kappa shape index (κ1) is 17.5. The summed E-state index contributed by atoms with van der Waals surface area (Å²) >= 11 is 0. The molecule has 1 amide bonds. The number of aromatic nitrogens is 1. The Bertz CT molecular complexity index is 785. The average Bonchev–Trinajstić information content (AvgIpc) is 2.86. The van der Waals surface area contributed by atoms with E-state index in [1.54, 1.807) is 0 Å². The predicted molar refractivity (Wildman–Crippen MR) is 75.8 cm³/mol. The summed E-state index contributed by atoms with van der Waals surface area (Å²) in [5.74, 6) is -6.19. The van der Waals surface area contributed by atoms with Crippen LogP contribution < -0.4 is 5.32 Å². The third kappa shape index (κ3) is 3.39. The number of anilines is 1. The van der Waals surface area contributed by atoms with Crippen LogP contribution in [0.3, 0.4) is 0 Å². The van der Waals surface area contributed by atoms with E-state index in [1.807, 2.05) is 5.32 Å². The van der Waals surface area contributed by atoms with Gasteiger partial charge < -0.3 is 14.6 Å². The van der Waals surface area contributed by atoms with Crippen LogP contribution in [0.25, 0.3) is 0 Å². The van der Waals surface area contributed by atoms with Crippen LogP contribution >= 0.6 is 0 Å². The zero-order valence-corrected chi connectivity index (χ0v) is 12.9. The number of carbonyl (C=O) groups excluding carboxylic acids is 2. The molecular weight excluding hydrogens is 329 g/mol. The standard InChI is InChI=1S/C15H13F3N2O4/c1-6-11(7(2)24-20-6)15(22)23-8(3)14(21)19-10-5-4-9(16)12(17)13(10)18/h4-5,8H,1-3H3,(H,19,21)/t8-/m1/s1. The van der Waals surface area contributed by atoms with Crippen molar-refractivity contribution in [3.05, 3.63) is 46.6 Å². The molecule has 0 radical (unpaired) electrons. The second-order valence-corrected chi connectivity index (χ2v) is 4.96. The van der Waals surface area contributed by atoms with Gasteiger partial charge in [0.05, 0.1) is 11.4 Å². The van der Waals surface area contributed by atoms with Crippen molar-refractivity contribution in [1.29, 1.82) is 0 Å². The van der Waals surface area contributed by atoms with Crippen molar-refractivity contribution in [2.24, 2.45) is 0 Å². The molecule has 1 heterocycles. The highest BCUT2D eigenvalue weighted by molar-refractivity contribution is 5.98. The largest absolute Gasteiger partial charge is 0.449 e. The van der Waals surface area contributed by atoms with Gasteiger partial charge in [-0.2, -0.15) is 0 Å². The molecule has 0 bridgehead atoms. The van der Waals surface area contributed by atoms with E-state index >= 15 is 0 Å². The van der Waals surface area contributed by atoms with Gasteiger partial charge in [0.25, 0.3) is 5.91 Å². The van der Waals surface area contributed by atoms with Crippen LogP contribution in [0.1, 0.15) is 28.7 Å². The molecule has 0 aliphatic carbocycles. The Morgan fingerprint density at radius 3 is 2.46 bits per heavy atom. The fraction of sp³-hybridized carbons (Fsp3) is 0.267. The number of benzene rings is 1. The minimum absolute atomic E-state index is 0.0775. The maximum absolute atomic E-state index is 13.5. The van der Waals surface area contributed by atoms with Crippen molar-refractivity contribution in [1.82, 2.24) is 5.16 Å². The van der Waals surface area contributed by atoms with Crippen molar-refractivity contribution >= 4 is 17.6 Å². The second-order valence-electron chi connectivity index (χ2n) is 4.96. The fourth-order valence-electron chi connectivity index (χ4n) is 1.90. The lowest BCUT2D eigenvalue weighted by molar-refractivity contribution is -0.123. The van der Waals surface area contributed by atoms with E-state index in [4.69, 9.17) is 9.26 Å². The monoisotopic (exact) mass is 342 g/mol. The maximum Gasteiger partial charge on any atom is 0.344 e. The van der Waals surface area contributed by atoms with Crippen molar-refractivity contribution in [3.63, 3.8) is 0 Å². The molecule has 0 saturated heterocycles. The summed E-state index contributed by atoms with van der Waals surface area (Å²) < 4.78 is 49.3. The van der Waals surface area contributed by atoms with E-state index in [1.165, 1.54) is 20.8 Å². The number of rotatable bonds is 4. The summed E-state index contributed by atoms with van der Waals surface area (Å²) in [4.78, 5) is 23.9. The summed E-state index contributed by atoms with van der Waals surface area (Å²) in [6, 6.07) is 1.52. The Kier molecular flexibility index (Phi) is 4.91. The van der Waals surface area contributed by atoms with Crippen LogP contribution in [-0.4, -0.2) is 23.1 Å². The number of hydrogen-bond donors (Lipinski definition) is 1. The molecule has 0 unspecified atom stereocenters. The lowest BCUT2D eigenvalue weighted by atomic mass is 10.2. The number of carbonyl (C=O) groups is 2. The number of halogens is 3.